The maximum Gasteiger partial charge on any atom is 0.356 e. The Balaban J connectivity index is 0.00000288. The van der Waals surface area contributed by atoms with Crippen LogP contribution in [0.4, 0.5) is 0 Å². The Hall–Kier alpha value is -1.41. The summed E-state index contributed by atoms with van der Waals surface area (Å²) in [4.78, 5) is 12.0. The van der Waals surface area contributed by atoms with Crippen molar-refractivity contribution in [2.24, 2.45) is 5.73 Å². The largest absolute Gasteiger partial charge is 0.461 e. The molecule has 1 heterocycles. The molecule has 0 bridgehead atoms. The van der Waals surface area contributed by atoms with E-state index >= 15 is 0 Å². The third kappa shape index (κ3) is 5.59. The molecule has 0 spiro atoms. The van der Waals surface area contributed by atoms with Crippen molar-refractivity contribution in [1.82, 2.24) is 9.78 Å². The zero-order valence-electron chi connectivity index (χ0n) is 13.4. The highest BCUT2D eigenvalue weighted by atomic mass is 79.9. The van der Waals surface area contributed by atoms with Crippen molar-refractivity contribution >= 4 is 34.3 Å². The second kappa shape index (κ2) is 10.5. The second-order valence-electron chi connectivity index (χ2n) is 4.91. The number of hydrogen-bond donors (Lipinski definition) is 1. The van der Waals surface area contributed by atoms with E-state index in [1.54, 1.807) is 17.7 Å². The number of carbonyl (C=O) groups is 1. The van der Waals surface area contributed by atoms with Crippen molar-refractivity contribution in [2.45, 2.75) is 19.6 Å². The molecule has 0 saturated carbocycles. The molecule has 0 aliphatic carbocycles. The third-order valence-electron chi connectivity index (χ3n) is 3.23. The summed E-state index contributed by atoms with van der Waals surface area (Å²) in [6.07, 6.45) is 0. The van der Waals surface area contributed by atoms with Gasteiger partial charge in [-0.1, -0.05) is 30.3 Å². The Morgan fingerprint density at radius 2 is 2.08 bits per heavy atom. The first-order valence-corrected chi connectivity index (χ1v) is 8.19. The van der Waals surface area contributed by atoms with Crippen molar-refractivity contribution in [3.8, 4) is 0 Å². The van der Waals surface area contributed by atoms with E-state index < -0.39 is 5.97 Å². The van der Waals surface area contributed by atoms with Gasteiger partial charge in [0.15, 0.2) is 0 Å². The lowest BCUT2D eigenvalue weighted by atomic mass is 10.2. The number of nitrogens with zero attached hydrogens (tertiary/aromatic N) is 2. The lowest BCUT2D eigenvalue weighted by Gasteiger charge is -2.18. The van der Waals surface area contributed by atoms with Gasteiger partial charge < -0.3 is 15.2 Å². The van der Waals surface area contributed by atoms with Gasteiger partial charge in [0.1, 0.15) is 10.3 Å². The number of benzene rings is 1. The zero-order chi connectivity index (χ0) is 16.7. The fourth-order valence-electron chi connectivity index (χ4n) is 2.13. The zero-order valence-corrected chi connectivity index (χ0v) is 15.8. The van der Waals surface area contributed by atoms with Crippen molar-refractivity contribution < 1.29 is 14.3 Å². The van der Waals surface area contributed by atoms with Gasteiger partial charge in [-0.05, 0) is 28.4 Å². The van der Waals surface area contributed by atoms with Crippen molar-refractivity contribution in [2.75, 3.05) is 19.8 Å². The van der Waals surface area contributed by atoms with E-state index in [-0.39, 0.29) is 18.4 Å². The number of rotatable bonds is 8. The molecule has 2 N–H and O–H groups in total. The number of halogens is 2. The van der Waals surface area contributed by atoms with Crippen LogP contribution >= 0.6 is 28.3 Å². The van der Waals surface area contributed by atoms with Crippen LogP contribution in [0.3, 0.4) is 0 Å². The first-order chi connectivity index (χ1) is 11.2. The summed E-state index contributed by atoms with van der Waals surface area (Å²) in [5, 5.41) is 4.28. The van der Waals surface area contributed by atoms with Gasteiger partial charge in [0.05, 0.1) is 25.9 Å². The Morgan fingerprint density at radius 1 is 1.38 bits per heavy atom. The van der Waals surface area contributed by atoms with Crippen LogP contribution in [0.5, 0.6) is 0 Å². The van der Waals surface area contributed by atoms with Crippen LogP contribution in [-0.2, 0) is 16.1 Å². The van der Waals surface area contributed by atoms with Crippen LogP contribution in [0, 0.1) is 0 Å². The normalized spacial score (nSPS) is 11.6. The molecular formula is C16H21BrClN3O3. The highest BCUT2D eigenvalue weighted by Gasteiger charge is 2.21. The Kier molecular flexibility index (Phi) is 8.99. The van der Waals surface area contributed by atoms with Gasteiger partial charge in [-0.2, -0.15) is 5.10 Å². The van der Waals surface area contributed by atoms with Crippen LogP contribution in [0.1, 0.15) is 29.0 Å². The lowest BCUT2D eigenvalue weighted by Crippen LogP contribution is -2.28. The number of nitrogens with two attached hydrogens (primary N) is 1. The summed E-state index contributed by atoms with van der Waals surface area (Å²) < 4.78 is 12.9. The minimum absolute atomic E-state index is 0. The van der Waals surface area contributed by atoms with Gasteiger partial charge in [0.25, 0.3) is 0 Å². The lowest BCUT2D eigenvalue weighted by molar-refractivity contribution is 0.0493. The maximum atomic E-state index is 12.0. The van der Waals surface area contributed by atoms with Gasteiger partial charge >= 0.3 is 5.97 Å². The molecule has 0 radical (unpaired) electrons. The summed E-state index contributed by atoms with van der Waals surface area (Å²) in [5.41, 5.74) is 7.27. The third-order valence-corrected chi connectivity index (χ3v) is 3.62. The summed E-state index contributed by atoms with van der Waals surface area (Å²) in [6.45, 7) is 3.20. The van der Waals surface area contributed by atoms with Gasteiger partial charge in [-0.3, -0.25) is 4.68 Å². The summed E-state index contributed by atoms with van der Waals surface area (Å²) in [7, 11) is 0. The fourth-order valence-corrected chi connectivity index (χ4v) is 2.51. The number of hydrogen-bond acceptors (Lipinski definition) is 5. The highest BCUT2D eigenvalue weighted by molar-refractivity contribution is 9.10. The SMILES string of the molecule is CCOC(=O)c1cc(Br)nn1C(CN)COCc1ccccc1.Cl. The Morgan fingerprint density at radius 3 is 2.71 bits per heavy atom. The predicted octanol–water partition coefficient (Wildman–Crippen LogP) is 2.96. The molecule has 0 amide bonds. The molecule has 0 fully saturated rings. The molecule has 1 aromatic heterocycles. The standard InChI is InChI=1S/C16H20BrN3O3.ClH/c1-2-23-16(21)14-8-15(17)19-20(14)13(9-18)11-22-10-12-6-4-3-5-7-12;/h3-8,13H,2,9-11,18H2,1H3;1H. The summed E-state index contributed by atoms with van der Waals surface area (Å²) in [6, 6.07) is 11.2. The minimum atomic E-state index is -0.424. The minimum Gasteiger partial charge on any atom is -0.461 e. The molecule has 0 aliphatic rings. The molecule has 0 saturated heterocycles. The van der Waals surface area contributed by atoms with Crippen LogP contribution < -0.4 is 5.73 Å². The van der Waals surface area contributed by atoms with Crippen molar-refractivity contribution in [3.05, 3.63) is 52.3 Å². The molecule has 2 aromatic rings. The van der Waals surface area contributed by atoms with E-state index in [4.69, 9.17) is 15.2 Å². The molecule has 0 aliphatic heterocycles. The Labute approximate surface area is 155 Å². The topological polar surface area (TPSA) is 79.4 Å². The van der Waals surface area contributed by atoms with E-state index in [2.05, 4.69) is 21.0 Å². The van der Waals surface area contributed by atoms with E-state index in [1.807, 2.05) is 30.3 Å². The van der Waals surface area contributed by atoms with E-state index in [0.29, 0.717) is 36.7 Å². The molecule has 2 rings (SSSR count). The molecule has 1 atom stereocenters. The van der Waals surface area contributed by atoms with Gasteiger partial charge in [0.2, 0.25) is 0 Å². The van der Waals surface area contributed by atoms with Crippen LogP contribution in [0.2, 0.25) is 0 Å². The van der Waals surface area contributed by atoms with Gasteiger partial charge in [-0.15, -0.1) is 12.4 Å². The maximum absolute atomic E-state index is 12.0. The molecule has 24 heavy (non-hydrogen) atoms. The van der Waals surface area contributed by atoms with E-state index in [1.165, 1.54) is 0 Å². The molecule has 6 nitrogen and oxygen atoms in total. The number of ether oxygens (including phenoxy) is 2. The quantitative estimate of drug-likeness (QED) is 0.667. The monoisotopic (exact) mass is 417 g/mol. The number of carbonyl (C=O) groups excluding carboxylic acids is 1. The van der Waals surface area contributed by atoms with E-state index in [0.717, 1.165) is 5.56 Å². The average molecular weight is 419 g/mol. The highest BCUT2D eigenvalue weighted by Crippen LogP contribution is 2.17. The van der Waals surface area contributed by atoms with Crippen molar-refractivity contribution in [1.29, 1.82) is 0 Å². The summed E-state index contributed by atoms with van der Waals surface area (Å²) >= 11 is 3.28. The molecule has 1 unspecified atom stereocenters. The van der Waals surface area contributed by atoms with Crippen molar-refractivity contribution in [3.63, 3.8) is 0 Å². The molecule has 8 heteroatoms. The summed E-state index contributed by atoms with van der Waals surface area (Å²) in [5.74, 6) is -0.424. The Bertz CT molecular complexity index is 637. The fraction of sp³-hybridized carbons (Fsp3) is 0.375. The average Bonchev–Trinajstić information content (AvgIpc) is 2.94. The van der Waals surface area contributed by atoms with E-state index in [9.17, 15) is 4.79 Å². The number of aromatic nitrogens is 2. The number of esters is 1. The molecule has 132 valence electrons. The van der Waals surface area contributed by atoms with Gasteiger partial charge in [-0.25, -0.2) is 4.79 Å². The second-order valence-corrected chi connectivity index (χ2v) is 5.72. The van der Waals surface area contributed by atoms with Gasteiger partial charge in [0, 0.05) is 12.6 Å². The van der Waals surface area contributed by atoms with Crippen LogP contribution in [-0.4, -0.2) is 35.5 Å². The van der Waals surface area contributed by atoms with Crippen LogP contribution in [0.15, 0.2) is 41.0 Å². The first-order valence-electron chi connectivity index (χ1n) is 7.39. The molecular weight excluding hydrogens is 398 g/mol. The van der Waals surface area contributed by atoms with Crippen LogP contribution in [0.25, 0.3) is 0 Å². The first kappa shape index (κ1) is 20.6. The smallest absolute Gasteiger partial charge is 0.356 e. The predicted molar refractivity (Wildman–Crippen MR) is 97.3 cm³/mol. The molecule has 1 aromatic carbocycles.